The molecule has 120 valence electrons. The molecule has 5 nitrogen and oxygen atoms in total. The highest BCUT2D eigenvalue weighted by Crippen LogP contribution is 2.35. The first kappa shape index (κ1) is 16.4. The summed E-state index contributed by atoms with van der Waals surface area (Å²) in [5.74, 6) is 2.58. The summed E-state index contributed by atoms with van der Waals surface area (Å²) < 4.78 is 11.1. The minimum absolute atomic E-state index is 0.0414. The summed E-state index contributed by atoms with van der Waals surface area (Å²) in [5.41, 5.74) is 5.85. The van der Waals surface area contributed by atoms with Crippen LogP contribution in [-0.2, 0) is 4.74 Å². The lowest BCUT2D eigenvalue weighted by Crippen LogP contribution is -2.19. The van der Waals surface area contributed by atoms with Gasteiger partial charge in [-0.05, 0) is 31.1 Å². The molecule has 2 unspecified atom stereocenters. The molecule has 1 aliphatic carbocycles. The lowest BCUT2D eigenvalue weighted by atomic mass is 9.85. The van der Waals surface area contributed by atoms with Gasteiger partial charge in [0.2, 0.25) is 11.7 Å². The van der Waals surface area contributed by atoms with Gasteiger partial charge in [0.15, 0.2) is 0 Å². The van der Waals surface area contributed by atoms with Crippen LogP contribution in [0.2, 0.25) is 0 Å². The Labute approximate surface area is 127 Å². The van der Waals surface area contributed by atoms with Crippen LogP contribution in [0.3, 0.4) is 0 Å². The normalized spacial score (nSPS) is 19.9. The summed E-state index contributed by atoms with van der Waals surface area (Å²) in [6.07, 6.45) is 7.18. The molecule has 1 heterocycles. The van der Waals surface area contributed by atoms with Gasteiger partial charge < -0.3 is 15.0 Å². The molecule has 1 saturated carbocycles. The number of aromatic nitrogens is 2. The Balaban J connectivity index is 2.08. The van der Waals surface area contributed by atoms with Gasteiger partial charge in [0, 0.05) is 13.7 Å². The van der Waals surface area contributed by atoms with Crippen LogP contribution < -0.4 is 5.73 Å². The number of nitrogens with two attached hydrogens (primary N) is 1. The third-order valence-electron chi connectivity index (χ3n) is 4.43. The minimum atomic E-state index is -0.0414. The lowest BCUT2D eigenvalue weighted by Gasteiger charge is -2.26. The second-order valence-corrected chi connectivity index (χ2v) is 6.61. The van der Waals surface area contributed by atoms with Gasteiger partial charge in [0.1, 0.15) is 6.10 Å². The Hall–Kier alpha value is -0.940. The number of hydrogen-bond acceptors (Lipinski definition) is 5. The molecule has 0 aromatic carbocycles. The molecule has 21 heavy (non-hydrogen) atoms. The van der Waals surface area contributed by atoms with Crippen molar-refractivity contribution in [1.82, 2.24) is 10.1 Å². The van der Waals surface area contributed by atoms with Gasteiger partial charge in [-0.2, -0.15) is 4.98 Å². The molecule has 1 fully saturated rings. The first-order valence-corrected chi connectivity index (χ1v) is 8.22. The molecule has 0 spiro atoms. The summed E-state index contributed by atoms with van der Waals surface area (Å²) in [6, 6.07) is 0. The summed E-state index contributed by atoms with van der Waals surface area (Å²) >= 11 is 0. The van der Waals surface area contributed by atoms with Gasteiger partial charge in [-0.3, -0.25) is 0 Å². The van der Waals surface area contributed by atoms with Gasteiger partial charge in [0.05, 0.1) is 5.92 Å². The first-order valence-electron chi connectivity index (χ1n) is 8.22. The molecule has 0 bridgehead atoms. The van der Waals surface area contributed by atoms with Gasteiger partial charge in [-0.25, -0.2) is 0 Å². The predicted octanol–water partition coefficient (Wildman–Crippen LogP) is 3.43. The van der Waals surface area contributed by atoms with Crippen molar-refractivity contribution in [2.24, 2.45) is 17.6 Å². The topological polar surface area (TPSA) is 74.2 Å². The molecule has 0 radical (unpaired) electrons. The molecule has 0 saturated heterocycles. The first-order chi connectivity index (χ1) is 10.2. The largest absolute Gasteiger partial charge is 0.373 e. The van der Waals surface area contributed by atoms with Crippen LogP contribution in [-0.4, -0.2) is 23.8 Å². The van der Waals surface area contributed by atoms with E-state index in [1.165, 1.54) is 32.1 Å². The number of nitrogens with zero attached hydrogens (tertiary/aromatic N) is 2. The van der Waals surface area contributed by atoms with Crippen molar-refractivity contribution in [3.63, 3.8) is 0 Å². The summed E-state index contributed by atoms with van der Waals surface area (Å²) in [4.78, 5) is 4.60. The fraction of sp³-hybridized carbons (Fsp3) is 0.875. The highest BCUT2D eigenvalue weighted by molar-refractivity contribution is 4.99. The number of methoxy groups -OCH3 is 1. The van der Waals surface area contributed by atoms with E-state index in [0.29, 0.717) is 30.1 Å². The second-order valence-electron chi connectivity index (χ2n) is 6.61. The van der Waals surface area contributed by atoms with Crippen LogP contribution in [0.5, 0.6) is 0 Å². The van der Waals surface area contributed by atoms with E-state index in [1.54, 1.807) is 7.11 Å². The van der Waals surface area contributed by atoms with E-state index < -0.39 is 0 Å². The fourth-order valence-electron chi connectivity index (χ4n) is 3.34. The Kier molecular flexibility index (Phi) is 6.18. The van der Waals surface area contributed by atoms with Crippen molar-refractivity contribution in [3.8, 4) is 0 Å². The molecule has 0 aliphatic heterocycles. The van der Waals surface area contributed by atoms with E-state index in [0.717, 1.165) is 6.42 Å². The average Bonchev–Trinajstić information content (AvgIpc) is 2.96. The van der Waals surface area contributed by atoms with Crippen LogP contribution >= 0.6 is 0 Å². The summed E-state index contributed by atoms with van der Waals surface area (Å²) in [6.45, 7) is 4.90. The smallest absolute Gasteiger partial charge is 0.231 e. The van der Waals surface area contributed by atoms with Crippen LogP contribution in [0.4, 0.5) is 0 Å². The third kappa shape index (κ3) is 4.27. The van der Waals surface area contributed by atoms with Crippen molar-refractivity contribution in [3.05, 3.63) is 11.7 Å². The standard InChI is InChI=1S/C16H29N3O2/c1-11(2)9-13(10-17)16-18-15(19-21-16)14(20-3)12-7-5-4-6-8-12/h11-14H,4-10,17H2,1-3H3. The second kappa shape index (κ2) is 7.90. The highest BCUT2D eigenvalue weighted by atomic mass is 16.5. The number of rotatable bonds is 7. The third-order valence-corrected chi connectivity index (χ3v) is 4.43. The lowest BCUT2D eigenvalue weighted by molar-refractivity contribution is 0.0273. The molecular weight excluding hydrogens is 266 g/mol. The Morgan fingerprint density at radius 2 is 2.00 bits per heavy atom. The zero-order valence-electron chi connectivity index (χ0n) is 13.5. The molecule has 2 rings (SSSR count). The van der Waals surface area contributed by atoms with Crippen molar-refractivity contribution in [1.29, 1.82) is 0 Å². The molecule has 1 aromatic heterocycles. The molecule has 1 aromatic rings. The predicted molar refractivity (Wildman–Crippen MR) is 81.9 cm³/mol. The molecule has 2 N–H and O–H groups in total. The maximum absolute atomic E-state index is 5.85. The van der Waals surface area contributed by atoms with Crippen molar-refractivity contribution in [2.75, 3.05) is 13.7 Å². The minimum Gasteiger partial charge on any atom is -0.373 e. The van der Waals surface area contributed by atoms with E-state index >= 15 is 0 Å². The Morgan fingerprint density at radius 3 is 2.57 bits per heavy atom. The van der Waals surface area contributed by atoms with E-state index in [1.807, 2.05) is 0 Å². The van der Waals surface area contributed by atoms with Crippen LogP contribution in [0.25, 0.3) is 0 Å². The zero-order valence-corrected chi connectivity index (χ0v) is 13.5. The van der Waals surface area contributed by atoms with Gasteiger partial charge >= 0.3 is 0 Å². The van der Waals surface area contributed by atoms with Crippen LogP contribution in [0.1, 0.15) is 76.1 Å². The maximum atomic E-state index is 5.85. The molecule has 1 aliphatic rings. The molecule has 0 amide bonds. The van der Waals surface area contributed by atoms with Crippen molar-refractivity contribution in [2.45, 2.75) is 64.4 Å². The van der Waals surface area contributed by atoms with E-state index in [-0.39, 0.29) is 12.0 Å². The van der Waals surface area contributed by atoms with Gasteiger partial charge in [-0.1, -0.05) is 38.3 Å². The van der Waals surface area contributed by atoms with Crippen LogP contribution in [0, 0.1) is 11.8 Å². The van der Waals surface area contributed by atoms with Crippen molar-refractivity contribution >= 4 is 0 Å². The molecule has 2 atom stereocenters. The molecular formula is C16H29N3O2. The highest BCUT2D eigenvalue weighted by Gasteiger charge is 2.30. The van der Waals surface area contributed by atoms with Crippen LogP contribution in [0.15, 0.2) is 4.52 Å². The Bertz CT molecular complexity index is 413. The number of hydrogen-bond donors (Lipinski definition) is 1. The summed E-state index contributed by atoms with van der Waals surface area (Å²) in [5, 5.41) is 4.17. The maximum Gasteiger partial charge on any atom is 0.231 e. The van der Waals surface area contributed by atoms with E-state index in [4.69, 9.17) is 15.0 Å². The number of ether oxygens (including phenoxy) is 1. The SMILES string of the molecule is COC(c1noc(C(CN)CC(C)C)n1)C1CCCCC1. The monoisotopic (exact) mass is 295 g/mol. The molecule has 5 heteroatoms. The zero-order chi connectivity index (χ0) is 15.2. The van der Waals surface area contributed by atoms with E-state index in [2.05, 4.69) is 24.0 Å². The Morgan fingerprint density at radius 1 is 1.29 bits per heavy atom. The van der Waals surface area contributed by atoms with Gasteiger partial charge in [0.25, 0.3) is 0 Å². The van der Waals surface area contributed by atoms with E-state index in [9.17, 15) is 0 Å². The van der Waals surface area contributed by atoms with Crippen molar-refractivity contribution < 1.29 is 9.26 Å². The fourth-order valence-corrected chi connectivity index (χ4v) is 3.34. The summed E-state index contributed by atoms with van der Waals surface area (Å²) in [7, 11) is 1.74. The van der Waals surface area contributed by atoms with Gasteiger partial charge in [-0.15, -0.1) is 0 Å². The quantitative estimate of drug-likeness (QED) is 0.834. The average molecular weight is 295 g/mol.